The Morgan fingerprint density at radius 1 is 1.05 bits per heavy atom. The first-order valence-electron chi connectivity index (χ1n) is 6.88. The van der Waals surface area contributed by atoms with Gasteiger partial charge in [-0.25, -0.2) is 9.97 Å². The summed E-state index contributed by atoms with van der Waals surface area (Å²) in [6.07, 6.45) is 1.55. The van der Waals surface area contributed by atoms with Gasteiger partial charge in [0.05, 0.1) is 25.5 Å². The van der Waals surface area contributed by atoms with Gasteiger partial charge in [-0.2, -0.15) is 0 Å². The number of nitrogens with zero attached hydrogens (tertiary/aromatic N) is 2. The van der Waals surface area contributed by atoms with Gasteiger partial charge in [-0.1, -0.05) is 19.9 Å². The van der Waals surface area contributed by atoms with Crippen LogP contribution < -0.4 is 14.8 Å². The highest BCUT2D eigenvalue weighted by Crippen LogP contribution is 2.41. The van der Waals surface area contributed by atoms with E-state index in [4.69, 9.17) is 9.47 Å². The first kappa shape index (κ1) is 15.1. The minimum absolute atomic E-state index is 0.262. The van der Waals surface area contributed by atoms with E-state index in [1.807, 2.05) is 25.2 Å². The lowest BCUT2D eigenvalue weighted by atomic mass is 9.96. The predicted octanol–water partition coefficient (Wildman–Crippen LogP) is 3.33. The number of aromatic nitrogens is 2. The molecule has 0 saturated carbocycles. The molecule has 0 bridgehead atoms. The molecule has 5 nitrogen and oxygen atoms in total. The van der Waals surface area contributed by atoms with Gasteiger partial charge >= 0.3 is 0 Å². The first-order chi connectivity index (χ1) is 10.1. The maximum atomic E-state index is 5.49. The fourth-order valence-electron chi connectivity index (χ4n) is 2.43. The number of rotatable bonds is 5. The van der Waals surface area contributed by atoms with Crippen molar-refractivity contribution in [3.8, 4) is 22.8 Å². The number of anilines is 1. The van der Waals surface area contributed by atoms with Crippen LogP contribution in [0.15, 0.2) is 24.5 Å². The van der Waals surface area contributed by atoms with E-state index >= 15 is 0 Å². The monoisotopic (exact) mass is 287 g/mol. The Morgan fingerprint density at radius 2 is 1.67 bits per heavy atom. The third-order valence-corrected chi connectivity index (χ3v) is 3.36. The van der Waals surface area contributed by atoms with Crippen LogP contribution in [0.3, 0.4) is 0 Å². The summed E-state index contributed by atoms with van der Waals surface area (Å²) in [5.74, 6) is 2.55. The Labute approximate surface area is 125 Å². The molecule has 21 heavy (non-hydrogen) atoms. The summed E-state index contributed by atoms with van der Waals surface area (Å²) in [7, 11) is 5.15. The van der Waals surface area contributed by atoms with Gasteiger partial charge in [0.2, 0.25) is 0 Å². The standard InChI is InChI=1S/C16H21N3O2/c1-10(2)13-15(18-9-19-16(13)17-3)14-11(20-4)7-6-8-12(14)21-5/h6-10H,1-5H3,(H,17,18,19). The second-order valence-electron chi connectivity index (χ2n) is 4.93. The van der Waals surface area contributed by atoms with Crippen molar-refractivity contribution in [3.63, 3.8) is 0 Å². The molecule has 112 valence electrons. The maximum absolute atomic E-state index is 5.49. The Bertz CT molecular complexity index is 605. The molecular weight excluding hydrogens is 266 g/mol. The molecule has 0 aliphatic rings. The van der Waals surface area contributed by atoms with Crippen LogP contribution in [-0.2, 0) is 0 Å². The topological polar surface area (TPSA) is 56.3 Å². The Morgan fingerprint density at radius 3 is 2.14 bits per heavy atom. The van der Waals surface area contributed by atoms with Gasteiger partial charge in [0.1, 0.15) is 23.6 Å². The van der Waals surface area contributed by atoms with Crippen LogP contribution in [0.5, 0.6) is 11.5 Å². The Hall–Kier alpha value is -2.30. The van der Waals surface area contributed by atoms with Crippen LogP contribution >= 0.6 is 0 Å². The van der Waals surface area contributed by atoms with Crippen molar-refractivity contribution in [1.82, 2.24) is 9.97 Å². The molecule has 0 fully saturated rings. The lowest BCUT2D eigenvalue weighted by molar-refractivity contribution is 0.397. The zero-order valence-electron chi connectivity index (χ0n) is 13.1. The SMILES string of the molecule is CNc1ncnc(-c2c(OC)cccc2OC)c1C(C)C. The van der Waals surface area contributed by atoms with E-state index in [0.29, 0.717) is 0 Å². The van der Waals surface area contributed by atoms with E-state index in [2.05, 4.69) is 29.1 Å². The van der Waals surface area contributed by atoms with E-state index in [1.54, 1.807) is 20.5 Å². The van der Waals surface area contributed by atoms with Crippen LogP contribution in [-0.4, -0.2) is 31.2 Å². The molecular formula is C16H21N3O2. The van der Waals surface area contributed by atoms with Crippen molar-refractivity contribution in [2.75, 3.05) is 26.6 Å². The number of hydrogen-bond donors (Lipinski definition) is 1. The smallest absolute Gasteiger partial charge is 0.133 e. The van der Waals surface area contributed by atoms with Gasteiger partial charge in [0.25, 0.3) is 0 Å². The summed E-state index contributed by atoms with van der Waals surface area (Å²) in [5.41, 5.74) is 2.73. The molecule has 0 spiro atoms. The molecule has 0 aliphatic heterocycles. The van der Waals surface area contributed by atoms with Crippen LogP contribution in [0.1, 0.15) is 25.3 Å². The summed E-state index contributed by atoms with van der Waals surface area (Å²) in [5, 5.41) is 3.13. The van der Waals surface area contributed by atoms with Crippen molar-refractivity contribution in [2.45, 2.75) is 19.8 Å². The van der Waals surface area contributed by atoms with Gasteiger partial charge < -0.3 is 14.8 Å². The van der Waals surface area contributed by atoms with E-state index in [9.17, 15) is 0 Å². The number of benzene rings is 1. The highest BCUT2D eigenvalue weighted by molar-refractivity contribution is 5.79. The van der Waals surface area contributed by atoms with Gasteiger partial charge in [-0.3, -0.25) is 0 Å². The molecule has 0 atom stereocenters. The van der Waals surface area contributed by atoms with Crippen molar-refractivity contribution in [3.05, 3.63) is 30.1 Å². The molecule has 1 aromatic heterocycles. The second-order valence-corrected chi connectivity index (χ2v) is 4.93. The molecule has 0 amide bonds. The average Bonchev–Trinajstić information content (AvgIpc) is 2.52. The minimum atomic E-state index is 0.262. The molecule has 2 rings (SSSR count). The Kier molecular flexibility index (Phi) is 4.62. The van der Waals surface area contributed by atoms with Crippen molar-refractivity contribution >= 4 is 5.82 Å². The summed E-state index contributed by atoms with van der Waals surface area (Å²) in [4.78, 5) is 8.80. The first-order valence-corrected chi connectivity index (χ1v) is 6.88. The summed E-state index contributed by atoms with van der Waals surface area (Å²) < 4.78 is 11.0. The zero-order chi connectivity index (χ0) is 15.4. The van der Waals surface area contributed by atoms with Crippen molar-refractivity contribution < 1.29 is 9.47 Å². The fraction of sp³-hybridized carbons (Fsp3) is 0.375. The molecule has 0 saturated heterocycles. The van der Waals surface area contributed by atoms with E-state index < -0.39 is 0 Å². The number of hydrogen-bond acceptors (Lipinski definition) is 5. The number of nitrogens with one attached hydrogen (secondary N) is 1. The number of ether oxygens (including phenoxy) is 2. The van der Waals surface area contributed by atoms with Crippen LogP contribution in [0, 0.1) is 0 Å². The maximum Gasteiger partial charge on any atom is 0.133 e. The normalized spacial score (nSPS) is 10.6. The van der Waals surface area contributed by atoms with E-state index in [0.717, 1.165) is 34.1 Å². The van der Waals surface area contributed by atoms with Crippen LogP contribution in [0.2, 0.25) is 0 Å². The molecule has 0 aliphatic carbocycles. The van der Waals surface area contributed by atoms with Gasteiger partial charge in [0, 0.05) is 12.6 Å². The Balaban J connectivity index is 2.78. The van der Waals surface area contributed by atoms with Gasteiger partial charge in [0.15, 0.2) is 0 Å². The van der Waals surface area contributed by atoms with Gasteiger partial charge in [-0.05, 0) is 18.1 Å². The number of methoxy groups -OCH3 is 2. The average molecular weight is 287 g/mol. The fourth-order valence-corrected chi connectivity index (χ4v) is 2.43. The summed E-state index contributed by atoms with van der Waals surface area (Å²) >= 11 is 0. The third-order valence-electron chi connectivity index (χ3n) is 3.36. The molecule has 0 unspecified atom stereocenters. The largest absolute Gasteiger partial charge is 0.496 e. The highest BCUT2D eigenvalue weighted by Gasteiger charge is 2.21. The van der Waals surface area contributed by atoms with Crippen molar-refractivity contribution in [1.29, 1.82) is 0 Å². The molecule has 1 N–H and O–H groups in total. The van der Waals surface area contributed by atoms with E-state index in [-0.39, 0.29) is 5.92 Å². The second kappa shape index (κ2) is 6.43. The molecule has 0 radical (unpaired) electrons. The molecule has 1 aromatic carbocycles. The zero-order valence-corrected chi connectivity index (χ0v) is 13.1. The van der Waals surface area contributed by atoms with Crippen LogP contribution in [0.4, 0.5) is 5.82 Å². The lowest BCUT2D eigenvalue weighted by Crippen LogP contribution is -2.06. The summed E-state index contributed by atoms with van der Waals surface area (Å²) in [6, 6.07) is 5.71. The highest BCUT2D eigenvalue weighted by atomic mass is 16.5. The molecule has 1 heterocycles. The summed E-state index contributed by atoms with van der Waals surface area (Å²) in [6.45, 7) is 4.23. The van der Waals surface area contributed by atoms with Crippen LogP contribution in [0.25, 0.3) is 11.3 Å². The predicted molar refractivity (Wildman–Crippen MR) is 84.2 cm³/mol. The molecule has 5 heteroatoms. The van der Waals surface area contributed by atoms with E-state index in [1.165, 1.54) is 0 Å². The minimum Gasteiger partial charge on any atom is -0.496 e. The van der Waals surface area contributed by atoms with Crippen molar-refractivity contribution in [2.24, 2.45) is 0 Å². The lowest BCUT2D eigenvalue weighted by Gasteiger charge is -2.19. The third kappa shape index (κ3) is 2.77. The molecule has 2 aromatic rings. The van der Waals surface area contributed by atoms with Gasteiger partial charge in [-0.15, -0.1) is 0 Å². The quantitative estimate of drug-likeness (QED) is 0.914.